The molecule has 0 atom stereocenters. The first-order valence-electron chi connectivity index (χ1n) is 11.4. The van der Waals surface area contributed by atoms with Crippen molar-refractivity contribution in [3.8, 4) is 11.5 Å². The molecule has 36 heavy (non-hydrogen) atoms. The Bertz CT molecular complexity index is 1300. The third kappa shape index (κ3) is 5.64. The number of hydrogen-bond donors (Lipinski definition) is 0. The van der Waals surface area contributed by atoms with Gasteiger partial charge in [0.05, 0.1) is 17.7 Å². The number of benzene rings is 3. The van der Waals surface area contributed by atoms with E-state index in [0.29, 0.717) is 33.8 Å². The number of anilines is 2. The van der Waals surface area contributed by atoms with Crippen molar-refractivity contribution in [2.45, 2.75) is 13.0 Å². The van der Waals surface area contributed by atoms with Crippen LogP contribution in [0.4, 0.5) is 11.4 Å². The monoisotopic (exact) mass is 516 g/mol. The molecular weight excluding hydrogens is 488 g/mol. The fourth-order valence-electron chi connectivity index (χ4n) is 3.86. The van der Waals surface area contributed by atoms with Crippen LogP contribution in [0.1, 0.15) is 16.7 Å². The van der Waals surface area contributed by atoms with Gasteiger partial charge in [-0.1, -0.05) is 60.4 Å². The first-order chi connectivity index (χ1) is 17.4. The Morgan fingerprint density at radius 2 is 1.81 bits per heavy atom. The number of thioether (sulfide) groups is 1. The van der Waals surface area contributed by atoms with E-state index < -0.39 is 0 Å². The van der Waals surface area contributed by atoms with Gasteiger partial charge in [0.1, 0.15) is 6.61 Å². The number of allylic oxidation sites excluding steroid dienone is 1. The highest BCUT2D eigenvalue weighted by molar-refractivity contribution is 8.27. The predicted molar refractivity (Wildman–Crippen MR) is 154 cm³/mol. The van der Waals surface area contributed by atoms with Crippen molar-refractivity contribution in [1.82, 2.24) is 0 Å². The zero-order valence-electron chi connectivity index (χ0n) is 20.6. The van der Waals surface area contributed by atoms with E-state index in [2.05, 4.69) is 6.58 Å². The molecule has 0 aromatic heterocycles. The van der Waals surface area contributed by atoms with Crippen LogP contribution in [-0.2, 0) is 17.8 Å². The van der Waals surface area contributed by atoms with Crippen LogP contribution in [0.3, 0.4) is 0 Å². The van der Waals surface area contributed by atoms with Crippen molar-refractivity contribution in [2.75, 3.05) is 31.0 Å². The zero-order chi connectivity index (χ0) is 25.7. The summed E-state index contributed by atoms with van der Waals surface area (Å²) < 4.78 is 12.3. The van der Waals surface area contributed by atoms with Crippen LogP contribution in [0, 0.1) is 0 Å². The van der Waals surface area contributed by atoms with Crippen molar-refractivity contribution >= 4 is 51.7 Å². The molecule has 0 unspecified atom stereocenters. The lowest BCUT2D eigenvalue weighted by molar-refractivity contribution is -0.113. The summed E-state index contributed by atoms with van der Waals surface area (Å²) in [5.41, 5.74) is 4.63. The van der Waals surface area contributed by atoms with Crippen LogP contribution in [0.25, 0.3) is 6.08 Å². The van der Waals surface area contributed by atoms with Gasteiger partial charge in [-0.05, 0) is 60.0 Å². The van der Waals surface area contributed by atoms with Crippen LogP contribution in [0.2, 0.25) is 0 Å². The van der Waals surface area contributed by atoms with Gasteiger partial charge in [0.2, 0.25) is 0 Å². The molecule has 1 aliphatic rings. The topological polar surface area (TPSA) is 42.0 Å². The summed E-state index contributed by atoms with van der Waals surface area (Å²) in [6.45, 7) is 4.31. The van der Waals surface area contributed by atoms with E-state index in [1.807, 2.05) is 97.9 Å². The molecule has 0 aliphatic carbocycles. The Morgan fingerprint density at radius 3 is 2.44 bits per heavy atom. The van der Waals surface area contributed by atoms with Gasteiger partial charge in [0.15, 0.2) is 15.8 Å². The highest BCUT2D eigenvalue weighted by atomic mass is 32.2. The number of amides is 1. The minimum atomic E-state index is -0.142. The maximum atomic E-state index is 13.3. The largest absolute Gasteiger partial charge is 0.493 e. The van der Waals surface area contributed by atoms with Gasteiger partial charge in [-0.25, -0.2) is 0 Å². The molecule has 7 heteroatoms. The highest BCUT2D eigenvalue weighted by Crippen LogP contribution is 2.39. The van der Waals surface area contributed by atoms with Crippen LogP contribution in [0.5, 0.6) is 11.5 Å². The van der Waals surface area contributed by atoms with E-state index in [1.165, 1.54) is 11.8 Å². The van der Waals surface area contributed by atoms with Gasteiger partial charge >= 0.3 is 0 Å². The Kier molecular flexibility index (Phi) is 8.13. The van der Waals surface area contributed by atoms with E-state index in [0.717, 1.165) is 28.1 Å². The van der Waals surface area contributed by atoms with Crippen molar-refractivity contribution in [3.63, 3.8) is 0 Å². The number of carbonyl (C=O) groups excluding carboxylic acids is 1. The second kappa shape index (κ2) is 11.5. The lowest BCUT2D eigenvalue weighted by atomic mass is 10.0. The lowest BCUT2D eigenvalue weighted by Crippen LogP contribution is -2.27. The van der Waals surface area contributed by atoms with E-state index in [-0.39, 0.29) is 5.91 Å². The van der Waals surface area contributed by atoms with Crippen molar-refractivity contribution in [1.29, 1.82) is 0 Å². The molecule has 0 saturated carbocycles. The molecule has 5 nitrogen and oxygen atoms in total. The second-order valence-electron chi connectivity index (χ2n) is 8.41. The molecule has 1 amide bonds. The molecular formula is C29H28N2O3S2. The molecule has 1 heterocycles. The average molecular weight is 517 g/mol. The minimum Gasteiger partial charge on any atom is -0.493 e. The number of nitrogens with zero attached hydrogens (tertiary/aromatic N) is 2. The number of carbonyl (C=O) groups is 1. The number of hydrogen-bond acceptors (Lipinski definition) is 6. The van der Waals surface area contributed by atoms with E-state index in [1.54, 1.807) is 12.0 Å². The summed E-state index contributed by atoms with van der Waals surface area (Å²) in [6.07, 6.45) is 4.27. The molecule has 184 valence electrons. The summed E-state index contributed by atoms with van der Waals surface area (Å²) in [5, 5.41) is 0. The molecule has 0 radical (unpaired) electrons. The normalized spacial score (nSPS) is 14.3. The van der Waals surface area contributed by atoms with Crippen LogP contribution in [-0.4, -0.2) is 31.4 Å². The van der Waals surface area contributed by atoms with Gasteiger partial charge in [-0.3, -0.25) is 9.69 Å². The first-order valence-corrected chi connectivity index (χ1v) is 12.7. The SMILES string of the molecule is C=CCc1cc(/C=C2\SC(=S)N(c3ccc(N(C)C)cc3)C2=O)cc(OC)c1OCc1ccccc1. The number of methoxy groups -OCH3 is 1. The summed E-state index contributed by atoms with van der Waals surface area (Å²) in [4.78, 5) is 17.4. The third-order valence-corrected chi connectivity index (χ3v) is 6.98. The molecule has 0 bridgehead atoms. The van der Waals surface area contributed by atoms with Gasteiger partial charge in [0, 0.05) is 25.3 Å². The average Bonchev–Trinajstić information content (AvgIpc) is 3.16. The molecule has 1 fully saturated rings. The van der Waals surface area contributed by atoms with E-state index >= 15 is 0 Å². The van der Waals surface area contributed by atoms with E-state index in [9.17, 15) is 4.79 Å². The van der Waals surface area contributed by atoms with Crippen LogP contribution >= 0.6 is 24.0 Å². The summed E-state index contributed by atoms with van der Waals surface area (Å²) >= 11 is 6.85. The Balaban J connectivity index is 1.62. The fourth-order valence-corrected chi connectivity index (χ4v) is 5.16. The Hall–Kier alpha value is -3.55. The number of thiocarbonyl (C=S) groups is 1. The molecule has 0 N–H and O–H groups in total. The third-order valence-electron chi connectivity index (χ3n) is 5.68. The zero-order valence-corrected chi connectivity index (χ0v) is 22.2. The minimum absolute atomic E-state index is 0.142. The van der Waals surface area contributed by atoms with Crippen LogP contribution < -0.4 is 19.3 Å². The van der Waals surface area contributed by atoms with Crippen LogP contribution in [0.15, 0.2) is 84.3 Å². The smallest absolute Gasteiger partial charge is 0.270 e. The summed E-state index contributed by atoms with van der Waals surface area (Å²) in [5.74, 6) is 1.13. The summed E-state index contributed by atoms with van der Waals surface area (Å²) in [7, 11) is 5.57. The van der Waals surface area contributed by atoms with Crippen molar-refractivity contribution in [2.24, 2.45) is 0 Å². The van der Waals surface area contributed by atoms with Crippen molar-refractivity contribution < 1.29 is 14.3 Å². The maximum Gasteiger partial charge on any atom is 0.270 e. The summed E-state index contributed by atoms with van der Waals surface area (Å²) in [6, 6.07) is 21.6. The molecule has 3 aromatic carbocycles. The molecule has 1 saturated heterocycles. The Labute approximate surface area is 222 Å². The fraction of sp³-hybridized carbons (Fsp3) is 0.172. The van der Waals surface area contributed by atoms with Gasteiger partial charge in [-0.15, -0.1) is 6.58 Å². The van der Waals surface area contributed by atoms with Gasteiger partial charge in [0.25, 0.3) is 5.91 Å². The molecule has 3 aromatic rings. The first kappa shape index (κ1) is 25.5. The second-order valence-corrected chi connectivity index (χ2v) is 10.1. The van der Waals surface area contributed by atoms with E-state index in [4.69, 9.17) is 21.7 Å². The predicted octanol–water partition coefficient (Wildman–Crippen LogP) is 6.47. The van der Waals surface area contributed by atoms with Crippen molar-refractivity contribution in [3.05, 3.63) is 101 Å². The molecule has 0 spiro atoms. The standard InChI is InChI=1S/C29H28N2O3S2/c1-5-9-22-16-21(17-25(33-4)27(22)34-19-20-10-7-6-8-11-20)18-26-28(32)31(29(35)36-26)24-14-12-23(13-15-24)30(2)3/h5-8,10-18H,1,9,19H2,2-4H3/b26-18-. The Morgan fingerprint density at radius 1 is 1.08 bits per heavy atom. The van der Waals surface area contributed by atoms with Gasteiger partial charge < -0.3 is 14.4 Å². The molecule has 4 rings (SSSR count). The molecule has 1 aliphatic heterocycles. The maximum absolute atomic E-state index is 13.3. The lowest BCUT2D eigenvalue weighted by Gasteiger charge is -2.17. The number of ether oxygens (including phenoxy) is 2. The van der Waals surface area contributed by atoms with Gasteiger partial charge in [-0.2, -0.15) is 0 Å². The number of rotatable bonds is 9. The quantitative estimate of drug-likeness (QED) is 0.184. The highest BCUT2D eigenvalue weighted by Gasteiger charge is 2.33.